The highest BCUT2D eigenvalue weighted by Crippen LogP contribution is 2.24. The number of hydrogen-bond donors (Lipinski definition) is 3. The second-order valence-electron chi connectivity index (χ2n) is 6.50. The number of halogens is 2. The number of imide groups is 1. The highest BCUT2D eigenvalue weighted by molar-refractivity contribution is 5.95. The monoisotopic (exact) mass is 405 g/mol. The molecule has 0 saturated heterocycles. The maximum absolute atomic E-state index is 12.3. The summed E-state index contributed by atoms with van der Waals surface area (Å²) in [7, 11) is 0. The predicted molar refractivity (Wildman–Crippen MR) is 106 cm³/mol. The van der Waals surface area contributed by atoms with E-state index in [0.29, 0.717) is 0 Å². The van der Waals surface area contributed by atoms with Crippen molar-refractivity contribution in [1.29, 1.82) is 0 Å². The zero-order chi connectivity index (χ0) is 21.2. The van der Waals surface area contributed by atoms with Crippen molar-refractivity contribution in [2.75, 3.05) is 6.54 Å². The Kier molecular flexibility index (Phi) is 8.54. The van der Waals surface area contributed by atoms with Crippen LogP contribution in [0.2, 0.25) is 0 Å². The third-order valence-electron chi connectivity index (χ3n) is 4.28. The molecular weight excluding hydrogens is 380 g/mol. The first-order valence-corrected chi connectivity index (χ1v) is 9.32. The van der Waals surface area contributed by atoms with Crippen molar-refractivity contribution in [3.8, 4) is 5.75 Å². The van der Waals surface area contributed by atoms with Crippen molar-refractivity contribution in [3.63, 3.8) is 0 Å². The molecule has 0 spiro atoms. The van der Waals surface area contributed by atoms with Crippen molar-refractivity contribution in [2.45, 2.75) is 39.0 Å². The number of amides is 3. The second kappa shape index (κ2) is 11.1. The van der Waals surface area contributed by atoms with Gasteiger partial charge in [0.05, 0.1) is 12.6 Å². The third-order valence-corrected chi connectivity index (χ3v) is 4.28. The molecule has 0 saturated carbocycles. The zero-order valence-electron chi connectivity index (χ0n) is 16.3. The van der Waals surface area contributed by atoms with E-state index in [1.807, 2.05) is 44.2 Å². The summed E-state index contributed by atoms with van der Waals surface area (Å²) in [6.07, 6.45) is 0.751. The van der Waals surface area contributed by atoms with Gasteiger partial charge in [0.1, 0.15) is 5.75 Å². The highest BCUT2D eigenvalue weighted by atomic mass is 19.3. The van der Waals surface area contributed by atoms with Gasteiger partial charge in [0, 0.05) is 6.04 Å². The van der Waals surface area contributed by atoms with Crippen LogP contribution in [0, 0.1) is 0 Å². The average molecular weight is 405 g/mol. The van der Waals surface area contributed by atoms with Crippen molar-refractivity contribution in [2.24, 2.45) is 0 Å². The lowest BCUT2D eigenvalue weighted by atomic mass is 9.98. The summed E-state index contributed by atoms with van der Waals surface area (Å²) < 4.78 is 29.1. The van der Waals surface area contributed by atoms with Gasteiger partial charge in [-0.15, -0.1) is 0 Å². The molecule has 6 nitrogen and oxygen atoms in total. The topological polar surface area (TPSA) is 79.5 Å². The number of benzene rings is 2. The number of alkyl halides is 2. The highest BCUT2D eigenvalue weighted by Gasteiger charge is 2.17. The first-order chi connectivity index (χ1) is 13.9. The summed E-state index contributed by atoms with van der Waals surface area (Å²) >= 11 is 0. The van der Waals surface area contributed by atoms with Crippen molar-refractivity contribution >= 4 is 11.9 Å². The average Bonchev–Trinajstić information content (AvgIpc) is 2.69. The molecular formula is C21H25F2N3O3. The van der Waals surface area contributed by atoms with Gasteiger partial charge in [0.25, 0.3) is 0 Å². The second-order valence-corrected chi connectivity index (χ2v) is 6.50. The predicted octanol–water partition coefficient (Wildman–Crippen LogP) is 3.59. The van der Waals surface area contributed by atoms with Crippen LogP contribution in [0.4, 0.5) is 13.6 Å². The van der Waals surface area contributed by atoms with Gasteiger partial charge in [0.15, 0.2) is 0 Å². The molecule has 0 heterocycles. The van der Waals surface area contributed by atoms with E-state index in [1.165, 1.54) is 12.1 Å². The summed E-state index contributed by atoms with van der Waals surface area (Å²) in [5.41, 5.74) is 1.64. The maximum atomic E-state index is 12.3. The van der Waals surface area contributed by atoms with Gasteiger partial charge < -0.3 is 10.1 Å². The Morgan fingerprint density at radius 3 is 2.21 bits per heavy atom. The van der Waals surface area contributed by atoms with E-state index in [4.69, 9.17) is 0 Å². The molecule has 2 aromatic rings. The molecule has 3 amide bonds. The van der Waals surface area contributed by atoms with E-state index < -0.39 is 18.5 Å². The number of ether oxygens (including phenoxy) is 1. The zero-order valence-corrected chi connectivity index (χ0v) is 16.3. The van der Waals surface area contributed by atoms with Gasteiger partial charge in [-0.2, -0.15) is 8.78 Å². The molecule has 8 heteroatoms. The molecule has 0 radical (unpaired) electrons. The van der Waals surface area contributed by atoms with Crippen LogP contribution in [0.3, 0.4) is 0 Å². The molecule has 2 rings (SSSR count). The fraction of sp³-hybridized carbons (Fsp3) is 0.333. The van der Waals surface area contributed by atoms with Crippen LogP contribution in [0.15, 0.2) is 54.6 Å². The van der Waals surface area contributed by atoms with E-state index in [-0.39, 0.29) is 24.4 Å². The van der Waals surface area contributed by atoms with Gasteiger partial charge in [-0.25, -0.2) is 4.79 Å². The van der Waals surface area contributed by atoms with E-state index in [1.54, 1.807) is 12.1 Å². The molecule has 0 fully saturated rings. The largest absolute Gasteiger partial charge is 0.435 e. The van der Waals surface area contributed by atoms with Crippen molar-refractivity contribution in [1.82, 2.24) is 16.0 Å². The summed E-state index contributed by atoms with van der Waals surface area (Å²) in [5, 5.41) is 8.04. The lowest BCUT2D eigenvalue weighted by Crippen LogP contribution is -2.46. The Hall–Kier alpha value is -3.00. The lowest BCUT2D eigenvalue weighted by molar-refractivity contribution is -0.119. The quantitative estimate of drug-likeness (QED) is 0.596. The molecule has 29 heavy (non-hydrogen) atoms. The molecule has 0 aliphatic carbocycles. The van der Waals surface area contributed by atoms with Crippen LogP contribution in [-0.4, -0.2) is 31.1 Å². The van der Waals surface area contributed by atoms with Crippen molar-refractivity contribution in [3.05, 3.63) is 65.7 Å². The Labute approximate surface area is 168 Å². The van der Waals surface area contributed by atoms with Gasteiger partial charge in [-0.3, -0.25) is 15.4 Å². The Morgan fingerprint density at radius 1 is 1.00 bits per heavy atom. The summed E-state index contributed by atoms with van der Waals surface area (Å²) in [4.78, 5) is 23.9. The number of carbonyl (C=O) groups excluding carboxylic acids is 2. The van der Waals surface area contributed by atoms with Crippen LogP contribution in [0.25, 0.3) is 0 Å². The molecule has 0 bridgehead atoms. The summed E-state index contributed by atoms with van der Waals surface area (Å²) in [6.45, 7) is 0.767. The van der Waals surface area contributed by atoms with E-state index in [9.17, 15) is 18.4 Å². The lowest BCUT2D eigenvalue weighted by Gasteiger charge is -2.20. The van der Waals surface area contributed by atoms with Crippen molar-refractivity contribution < 1.29 is 23.1 Å². The van der Waals surface area contributed by atoms with Gasteiger partial charge in [-0.05, 0) is 36.6 Å². The van der Waals surface area contributed by atoms with Crippen LogP contribution < -0.4 is 20.7 Å². The van der Waals surface area contributed by atoms with Crippen LogP contribution in [0.5, 0.6) is 5.75 Å². The number of nitrogens with one attached hydrogen (secondary N) is 3. The normalized spacial score (nSPS) is 12.9. The minimum absolute atomic E-state index is 0.0400. The molecule has 3 N–H and O–H groups in total. The minimum atomic E-state index is -2.89. The van der Waals surface area contributed by atoms with Gasteiger partial charge in [0.2, 0.25) is 5.91 Å². The standard InChI is InChI=1S/C21H25F2N3O3/c1-3-14(2)25-21(28)26-18(27)13-24-19(15-7-5-4-6-8-15)16-9-11-17(12-10-16)29-20(22)23/h4-12,14,19-20,24H,3,13H2,1-2H3,(H2,25,26,27,28)/t14-,19-/m1/s1. The third kappa shape index (κ3) is 7.50. The molecule has 0 unspecified atom stereocenters. The molecule has 0 aromatic heterocycles. The fourth-order valence-electron chi connectivity index (χ4n) is 2.64. The fourth-order valence-corrected chi connectivity index (χ4v) is 2.64. The van der Waals surface area contributed by atoms with E-state index in [0.717, 1.165) is 17.5 Å². The Bertz CT molecular complexity index is 786. The molecule has 2 aromatic carbocycles. The number of hydrogen-bond acceptors (Lipinski definition) is 4. The number of rotatable bonds is 9. The first-order valence-electron chi connectivity index (χ1n) is 9.32. The molecule has 2 atom stereocenters. The first kappa shape index (κ1) is 22.3. The summed E-state index contributed by atoms with van der Waals surface area (Å²) in [5.74, 6) is -0.431. The van der Waals surface area contributed by atoms with Gasteiger partial charge >= 0.3 is 12.6 Å². The maximum Gasteiger partial charge on any atom is 0.387 e. The summed E-state index contributed by atoms with van der Waals surface area (Å²) in [6, 6.07) is 14.6. The smallest absolute Gasteiger partial charge is 0.387 e. The Morgan fingerprint density at radius 2 is 1.62 bits per heavy atom. The van der Waals surface area contributed by atoms with Crippen LogP contribution >= 0.6 is 0 Å². The SMILES string of the molecule is CC[C@@H](C)NC(=O)NC(=O)CN[C@H](c1ccccc1)c1ccc(OC(F)F)cc1. The number of carbonyl (C=O) groups is 2. The van der Waals surface area contributed by atoms with Crippen LogP contribution in [-0.2, 0) is 4.79 Å². The van der Waals surface area contributed by atoms with Crippen LogP contribution in [0.1, 0.15) is 37.4 Å². The Balaban J connectivity index is 2.06. The van der Waals surface area contributed by atoms with E-state index >= 15 is 0 Å². The minimum Gasteiger partial charge on any atom is -0.435 e. The van der Waals surface area contributed by atoms with E-state index in [2.05, 4.69) is 20.7 Å². The molecule has 156 valence electrons. The number of urea groups is 1. The molecule has 0 aliphatic heterocycles. The van der Waals surface area contributed by atoms with Gasteiger partial charge in [-0.1, -0.05) is 49.4 Å². The molecule has 0 aliphatic rings.